The summed E-state index contributed by atoms with van der Waals surface area (Å²) in [5.74, 6) is 0.722. The fourth-order valence-corrected chi connectivity index (χ4v) is 5.01. The minimum Gasteiger partial charge on any atom is -0.381 e. The van der Waals surface area contributed by atoms with E-state index < -0.39 is 0 Å². The molecular formula is C33H68N2O. The van der Waals surface area contributed by atoms with Crippen LogP contribution in [-0.2, 0) is 4.74 Å². The molecule has 0 spiro atoms. The summed E-state index contributed by atoms with van der Waals surface area (Å²) in [7, 11) is 2.06. The highest BCUT2D eigenvalue weighted by atomic mass is 16.5. The van der Waals surface area contributed by atoms with Gasteiger partial charge < -0.3 is 15.0 Å². The fourth-order valence-electron chi connectivity index (χ4n) is 5.01. The van der Waals surface area contributed by atoms with Crippen LogP contribution in [0.4, 0.5) is 0 Å². The fraction of sp³-hybridized carbons (Fsp3) is 0.939. The Morgan fingerprint density at radius 2 is 1.22 bits per heavy atom. The topological polar surface area (TPSA) is 24.5 Å². The molecule has 0 aromatic rings. The zero-order valence-electron chi connectivity index (χ0n) is 25.3. The second-order valence-electron chi connectivity index (χ2n) is 11.4. The summed E-state index contributed by atoms with van der Waals surface area (Å²) in [5, 5.41) is 3.28. The average Bonchev–Trinajstić information content (AvgIpc) is 2.88. The molecule has 0 aromatic carbocycles. The molecule has 0 radical (unpaired) electrons. The summed E-state index contributed by atoms with van der Waals surface area (Å²) in [6.07, 6.45) is 30.6. The highest BCUT2D eigenvalue weighted by Crippen LogP contribution is 2.14. The molecule has 0 saturated carbocycles. The average molecular weight is 509 g/mol. The third kappa shape index (κ3) is 28.2. The van der Waals surface area contributed by atoms with Gasteiger partial charge in [-0.05, 0) is 90.5 Å². The maximum Gasteiger partial charge on any atom is 0.0491 e. The van der Waals surface area contributed by atoms with Crippen molar-refractivity contribution in [2.75, 3.05) is 46.4 Å². The number of rotatable bonds is 31. The molecule has 216 valence electrons. The summed E-state index contributed by atoms with van der Waals surface area (Å²) in [6, 6.07) is 0. The van der Waals surface area contributed by atoms with E-state index in [0.29, 0.717) is 0 Å². The molecule has 0 aliphatic rings. The number of ether oxygens (including phenoxy) is 1. The lowest BCUT2D eigenvalue weighted by molar-refractivity contribution is 0.0976. The van der Waals surface area contributed by atoms with Crippen molar-refractivity contribution < 1.29 is 4.74 Å². The van der Waals surface area contributed by atoms with E-state index in [-0.39, 0.29) is 0 Å². The Bertz CT molecular complexity index is 414. The number of allylic oxidation sites excluding steroid dienone is 1. The van der Waals surface area contributed by atoms with Crippen molar-refractivity contribution in [1.29, 1.82) is 0 Å². The first-order chi connectivity index (χ1) is 17.7. The van der Waals surface area contributed by atoms with E-state index in [1.165, 1.54) is 154 Å². The smallest absolute Gasteiger partial charge is 0.0491 e. The van der Waals surface area contributed by atoms with Crippen LogP contribution >= 0.6 is 0 Å². The normalized spacial score (nSPS) is 12.4. The number of hydrogen-bond acceptors (Lipinski definition) is 3. The van der Waals surface area contributed by atoms with Gasteiger partial charge in [0.25, 0.3) is 0 Å². The lowest BCUT2D eigenvalue weighted by atomic mass is 10.0. The Balaban J connectivity index is 3.70. The van der Waals surface area contributed by atoms with E-state index in [2.05, 4.69) is 43.8 Å². The molecule has 0 heterocycles. The summed E-state index contributed by atoms with van der Waals surface area (Å²) < 4.78 is 5.95. The van der Waals surface area contributed by atoms with Crippen molar-refractivity contribution in [1.82, 2.24) is 10.2 Å². The minimum atomic E-state index is 0.722. The van der Waals surface area contributed by atoms with Gasteiger partial charge in [0.05, 0.1) is 0 Å². The Morgan fingerprint density at radius 3 is 1.83 bits per heavy atom. The minimum absolute atomic E-state index is 0.722. The third-order valence-corrected chi connectivity index (χ3v) is 7.50. The number of nitrogens with one attached hydrogen (secondary N) is 1. The molecular weight excluding hydrogens is 440 g/mol. The van der Waals surface area contributed by atoms with Gasteiger partial charge in [0.2, 0.25) is 0 Å². The first-order valence-corrected chi connectivity index (χ1v) is 16.3. The largest absolute Gasteiger partial charge is 0.381 e. The second kappa shape index (κ2) is 30.8. The molecule has 3 heteroatoms. The molecule has 3 nitrogen and oxygen atoms in total. The van der Waals surface area contributed by atoms with E-state index >= 15 is 0 Å². The molecule has 0 aliphatic heterocycles. The summed E-state index contributed by atoms with van der Waals surface area (Å²) in [5.41, 5.74) is 0. The quantitative estimate of drug-likeness (QED) is 0.0745. The Hall–Kier alpha value is -0.380. The Labute approximate surface area is 228 Å². The molecule has 0 aromatic heterocycles. The molecule has 36 heavy (non-hydrogen) atoms. The van der Waals surface area contributed by atoms with Crippen LogP contribution in [0.2, 0.25) is 0 Å². The van der Waals surface area contributed by atoms with E-state index in [1.807, 2.05) is 0 Å². The monoisotopic (exact) mass is 509 g/mol. The lowest BCUT2D eigenvalue weighted by Gasteiger charge is -2.22. The Morgan fingerprint density at radius 1 is 0.694 bits per heavy atom. The summed E-state index contributed by atoms with van der Waals surface area (Å²) in [4.78, 5) is 2.76. The van der Waals surface area contributed by atoms with Crippen molar-refractivity contribution in [2.45, 2.75) is 149 Å². The van der Waals surface area contributed by atoms with Gasteiger partial charge in [-0.25, -0.2) is 0 Å². The molecule has 0 bridgehead atoms. The number of unbranched alkanes of at least 4 members (excludes halogenated alkanes) is 16. The molecule has 0 fully saturated rings. The van der Waals surface area contributed by atoms with E-state index in [0.717, 1.165) is 25.7 Å². The van der Waals surface area contributed by atoms with Gasteiger partial charge in [-0.15, -0.1) is 6.58 Å². The lowest BCUT2D eigenvalue weighted by Crippen LogP contribution is -2.27. The number of nitrogens with zero attached hydrogens (tertiary/aromatic N) is 1. The van der Waals surface area contributed by atoms with Gasteiger partial charge in [-0.3, -0.25) is 0 Å². The molecule has 0 rings (SSSR count). The molecule has 1 unspecified atom stereocenters. The maximum atomic E-state index is 5.95. The molecule has 0 aliphatic carbocycles. The first kappa shape index (κ1) is 35.6. The summed E-state index contributed by atoms with van der Waals surface area (Å²) >= 11 is 0. The maximum absolute atomic E-state index is 5.95. The van der Waals surface area contributed by atoms with Crippen molar-refractivity contribution in [2.24, 2.45) is 5.92 Å². The van der Waals surface area contributed by atoms with Crippen LogP contribution in [0.1, 0.15) is 149 Å². The predicted molar refractivity (Wildman–Crippen MR) is 163 cm³/mol. The zero-order valence-corrected chi connectivity index (χ0v) is 25.3. The van der Waals surface area contributed by atoms with E-state index in [4.69, 9.17) is 4.74 Å². The van der Waals surface area contributed by atoms with Crippen molar-refractivity contribution in [3.05, 3.63) is 12.7 Å². The van der Waals surface area contributed by atoms with Gasteiger partial charge in [0.15, 0.2) is 0 Å². The van der Waals surface area contributed by atoms with Crippen LogP contribution in [0.5, 0.6) is 0 Å². The van der Waals surface area contributed by atoms with Crippen LogP contribution < -0.4 is 5.32 Å². The van der Waals surface area contributed by atoms with Gasteiger partial charge >= 0.3 is 0 Å². The van der Waals surface area contributed by atoms with E-state index in [1.54, 1.807) is 0 Å². The van der Waals surface area contributed by atoms with Crippen molar-refractivity contribution in [3.8, 4) is 0 Å². The van der Waals surface area contributed by atoms with E-state index in [9.17, 15) is 0 Å². The van der Waals surface area contributed by atoms with Crippen molar-refractivity contribution >= 4 is 0 Å². The molecule has 1 N–H and O–H groups in total. The standard InChI is InChI=1S/C33H68N2O/c1-5-7-9-11-13-18-25-31-36-32-33(3)26-20-15-14-17-23-29-35(30-24-19-21-27-34-4)28-22-16-12-10-8-6-2/h6,33-34H,2,5,7-32H2,1,3-4H3. The Kier molecular flexibility index (Phi) is 30.5. The highest BCUT2D eigenvalue weighted by Gasteiger charge is 2.06. The SMILES string of the molecule is C=CCCCCCCN(CCCCCCCC(C)COCCCCCCCCC)CCCCCNC. The zero-order chi connectivity index (χ0) is 26.4. The molecule has 0 saturated heterocycles. The first-order valence-electron chi connectivity index (χ1n) is 16.3. The molecule has 0 amide bonds. The van der Waals surface area contributed by atoms with Gasteiger partial charge in [-0.1, -0.05) is 103 Å². The van der Waals surface area contributed by atoms with Crippen molar-refractivity contribution in [3.63, 3.8) is 0 Å². The number of hydrogen-bond donors (Lipinski definition) is 1. The second-order valence-corrected chi connectivity index (χ2v) is 11.4. The summed E-state index contributed by atoms with van der Waals surface area (Å²) in [6.45, 7) is 15.5. The van der Waals surface area contributed by atoms with Crippen LogP contribution in [0, 0.1) is 5.92 Å². The van der Waals surface area contributed by atoms with Crippen LogP contribution in [-0.4, -0.2) is 51.3 Å². The predicted octanol–water partition coefficient (Wildman–Crippen LogP) is 9.56. The molecule has 1 atom stereocenters. The van der Waals surface area contributed by atoms with Gasteiger partial charge in [0.1, 0.15) is 0 Å². The van der Waals surface area contributed by atoms with Crippen LogP contribution in [0.3, 0.4) is 0 Å². The third-order valence-electron chi connectivity index (χ3n) is 7.50. The van der Waals surface area contributed by atoms with Gasteiger partial charge in [-0.2, -0.15) is 0 Å². The van der Waals surface area contributed by atoms with Crippen LogP contribution in [0.25, 0.3) is 0 Å². The van der Waals surface area contributed by atoms with Crippen LogP contribution in [0.15, 0.2) is 12.7 Å². The highest BCUT2D eigenvalue weighted by molar-refractivity contribution is 4.66. The van der Waals surface area contributed by atoms with Gasteiger partial charge in [0, 0.05) is 13.2 Å².